The first-order valence-electron chi connectivity index (χ1n) is 10.7. The zero-order chi connectivity index (χ0) is 23.1. The molecule has 33 heavy (non-hydrogen) atoms. The third-order valence-electron chi connectivity index (χ3n) is 4.99. The topological polar surface area (TPSA) is 64.1 Å². The highest BCUT2D eigenvalue weighted by molar-refractivity contribution is 7.22. The highest BCUT2D eigenvalue weighted by Crippen LogP contribution is 2.40. The number of benzene rings is 2. The predicted molar refractivity (Wildman–Crippen MR) is 137 cm³/mol. The second kappa shape index (κ2) is 12.6. The van der Waals surface area contributed by atoms with Crippen LogP contribution in [-0.2, 0) is 0 Å². The summed E-state index contributed by atoms with van der Waals surface area (Å²) in [6.07, 6.45) is 2.03. The number of likely N-dealkylation sites (N-methyl/N-ethyl adjacent to an activating group) is 1. The van der Waals surface area contributed by atoms with Crippen molar-refractivity contribution in [3.63, 3.8) is 0 Å². The minimum Gasteiger partial charge on any atom is -0.495 e. The summed E-state index contributed by atoms with van der Waals surface area (Å²) in [6.45, 7) is 3.95. The van der Waals surface area contributed by atoms with Gasteiger partial charge < -0.3 is 19.1 Å². The lowest BCUT2D eigenvalue weighted by Gasteiger charge is -2.22. The fourth-order valence-electron chi connectivity index (χ4n) is 3.18. The van der Waals surface area contributed by atoms with Crippen LogP contribution in [0.1, 0.15) is 30.1 Å². The lowest BCUT2D eigenvalue weighted by Crippen LogP contribution is -2.36. The molecular weight excluding hydrogens is 462 g/mol. The fraction of sp³-hybridized carbons (Fsp3) is 0.417. The van der Waals surface area contributed by atoms with Crippen LogP contribution in [-0.4, -0.2) is 63.8 Å². The van der Waals surface area contributed by atoms with Gasteiger partial charge in [-0.05, 0) is 50.8 Å². The van der Waals surface area contributed by atoms with Crippen LogP contribution in [0.15, 0.2) is 36.4 Å². The van der Waals surface area contributed by atoms with Gasteiger partial charge in [-0.25, -0.2) is 4.98 Å². The quantitative estimate of drug-likeness (QED) is 0.345. The average Bonchev–Trinajstić information content (AvgIpc) is 3.23. The maximum absolute atomic E-state index is 13.6. The van der Waals surface area contributed by atoms with E-state index in [0.29, 0.717) is 53.2 Å². The number of unbranched alkanes of at least 4 members (excludes halogenated alkanes) is 1. The van der Waals surface area contributed by atoms with Crippen LogP contribution in [0.2, 0.25) is 0 Å². The van der Waals surface area contributed by atoms with Crippen molar-refractivity contribution in [2.45, 2.75) is 19.8 Å². The highest BCUT2D eigenvalue weighted by atomic mass is 35.5. The molecule has 1 heterocycles. The molecule has 0 fully saturated rings. The molecule has 180 valence electrons. The standard InChI is InChI=1S/C24H31N3O4S.ClH/c1-6-7-15-31-18-10-8-9-17(16-18)23(28)27(14-13-26(2)3)24-25-21-19(29-4)11-12-20(30-5)22(21)32-24;/h8-12,16H,6-7,13-15H2,1-5H3;1H. The molecule has 7 nitrogen and oxygen atoms in total. The van der Waals surface area contributed by atoms with Crippen LogP contribution in [0.5, 0.6) is 17.2 Å². The smallest absolute Gasteiger partial charge is 0.260 e. The van der Waals surface area contributed by atoms with Crippen molar-refractivity contribution >= 4 is 45.0 Å². The van der Waals surface area contributed by atoms with Gasteiger partial charge in [0.05, 0.1) is 20.8 Å². The number of aromatic nitrogens is 1. The summed E-state index contributed by atoms with van der Waals surface area (Å²) < 4.78 is 17.7. The van der Waals surface area contributed by atoms with Gasteiger partial charge >= 0.3 is 0 Å². The molecule has 0 bridgehead atoms. The highest BCUT2D eigenvalue weighted by Gasteiger charge is 2.24. The predicted octanol–water partition coefficient (Wildman–Crippen LogP) is 5.12. The molecule has 0 saturated heterocycles. The molecule has 0 radical (unpaired) electrons. The summed E-state index contributed by atoms with van der Waals surface area (Å²) >= 11 is 1.42. The molecule has 0 aliphatic carbocycles. The van der Waals surface area contributed by atoms with E-state index >= 15 is 0 Å². The van der Waals surface area contributed by atoms with E-state index in [9.17, 15) is 4.79 Å². The van der Waals surface area contributed by atoms with E-state index in [2.05, 4.69) is 6.92 Å². The number of fused-ring (bicyclic) bond motifs is 1. The Morgan fingerprint density at radius 2 is 1.79 bits per heavy atom. The minimum absolute atomic E-state index is 0. The maximum atomic E-state index is 13.6. The van der Waals surface area contributed by atoms with Crippen molar-refractivity contribution < 1.29 is 19.0 Å². The van der Waals surface area contributed by atoms with Crippen molar-refractivity contribution in [3.05, 3.63) is 42.0 Å². The number of ether oxygens (including phenoxy) is 3. The summed E-state index contributed by atoms with van der Waals surface area (Å²) in [5.41, 5.74) is 1.25. The minimum atomic E-state index is -0.121. The van der Waals surface area contributed by atoms with E-state index in [-0.39, 0.29) is 18.3 Å². The van der Waals surface area contributed by atoms with Gasteiger partial charge in [-0.15, -0.1) is 12.4 Å². The van der Waals surface area contributed by atoms with Gasteiger partial charge in [0.25, 0.3) is 5.91 Å². The Morgan fingerprint density at radius 3 is 2.45 bits per heavy atom. The lowest BCUT2D eigenvalue weighted by atomic mass is 10.2. The number of amides is 1. The molecule has 0 atom stereocenters. The van der Waals surface area contributed by atoms with Crippen LogP contribution in [0.4, 0.5) is 5.13 Å². The number of thiazole rings is 1. The van der Waals surface area contributed by atoms with Crippen LogP contribution >= 0.6 is 23.7 Å². The van der Waals surface area contributed by atoms with E-state index in [1.807, 2.05) is 49.3 Å². The van der Waals surface area contributed by atoms with Crippen molar-refractivity contribution in [1.82, 2.24) is 9.88 Å². The van der Waals surface area contributed by atoms with Gasteiger partial charge in [-0.3, -0.25) is 9.69 Å². The Morgan fingerprint density at radius 1 is 1.06 bits per heavy atom. The summed E-state index contributed by atoms with van der Waals surface area (Å²) in [5, 5.41) is 0.604. The van der Waals surface area contributed by atoms with Crippen molar-refractivity contribution in [2.75, 3.05) is 52.9 Å². The molecule has 3 rings (SSSR count). The first-order valence-corrected chi connectivity index (χ1v) is 11.5. The Bertz CT molecular complexity index is 1020. The molecule has 2 aromatic carbocycles. The second-order valence-electron chi connectivity index (χ2n) is 7.63. The van der Waals surface area contributed by atoms with E-state index in [4.69, 9.17) is 19.2 Å². The monoisotopic (exact) mass is 493 g/mol. The number of carbonyl (C=O) groups is 1. The van der Waals surface area contributed by atoms with E-state index in [0.717, 1.165) is 17.5 Å². The lowest BCUT2D eigenvalue weighted by molar-refractivity contribution is 0.0984. The van der Waals surface area contributed by atoms with Crippen molar-refractivity contribution in [2.24, 2.45) is 0 Å². The number of halogens is 1. The SMILES string of the molecule is CCCCOc1cccc(C(=O)N(CCN(C)C)c2nc3c(OC)ccc(OC)c3s2)c1.Cl. The van der Waals surface area contributed by atoms with Crippen molar-refractivity contribution in [1.29, 1.82) is 0 Å². The van der Waals surface area contributed by atoms with Gasteiger partial charge in [0.2, 0.25) is 0 Å². The molecule has 0 saturated carbocycles. The van der Waals surface area contributed by atoms with Crippen LogP contribution in [0.3, 0.4) is 0 Å². The van der Waals surface area contributed by atoms with Gasteiger partial charge in [-0.1, -0.05) is 30.7 Å². The average molecular weight is 494 g/mol. The van der Waals surface area contributed by atoms with E-state index < -0.39 is 0 Å². The third kappa shape index (κ3) is 6.50. The first-order chi connectivity index (χ1) is 15.5. The number of methoxy groups -OCH3 is 2. The molecule has 9 heteroatoms. The van der Waals surface area contributed by atoms with Gasteiger partial charge in [0.15, 0.2) is 5.13 Å². The second-order valence-corrected chi connectivity index (χ2v) is 8.61. The molecular formula is C24H32ClN3O4S. The molecule has 0 aliphatic rings. The summed E-state index contributed by atoms with van der Waals surface area (Å²) in [5.74, 6) is 1.93. The largest absolute Gasteiger partial charge is 0.495 e. The molecule has 0 aliphatic heterocycles. The molecule has 0 unspecified atom stereocenters. The number of hydrogen-bond donors (Lipinski definition) is 0. The van der Waals surface area contributed by atoms with Gasteiger partial charge in [0, 0.05) is 18.7 Å². The van der Waals surface area contributed by atoms with E-state index in [1.54, 1.807) is 25.2 Å². The molecule has 0 N–H and O–H groups in total. The fourth-order valence-corrected chi connectivity index (χ4v) is 4.28. The number of carbonyl (C=O) groups excluding carboxylic acids is 1. The van der Waals surface area contributed by atoms with Crippen LogP contribution in [0.25, 0.3) is 10.2 Å². The molecule has 0 spiro atoms. The Labute approximate surface area is 205 Å². The maximum Gasteiger partial charge on any atom is 0.260 e. The zero-order valence-electron chi connectivity index (χ0n) is 19.8. The number of hydrogen-bond acceptors (Lipinski definition) is 7. The van der Waals surface area contributed by atoms with Gasteiger partial charge in [-0.2, -0.15) is 0 Å². The normalized spacial score (nSPS) is 10.7. The van der Waals surface area contributed by atoms with Crippen LogP contribution < -0.4 is 19.1 Å². The summed E-state index contributed by atoms with van der Waals surface area (Å²) in [4.78, 5) is 22.1. The van der Waals surface area contributed by atoms with Gasteiger partial charge in [0.1, 0.15) is 27.5 Å². The van der Waals surface area contributed by atoms with Crippen molar-refractivity contribution in [3.8, 4) is 17.2 Å². The summed E-state index contributed by atoms with van der Waals surface area (Å²) in [7, 11) is 7.20. The third-order valence-corrected chi connectivity index (χ3v) is 6.09. The summed E-state index contributed by atoms with van der Waals surface area (Å²) in [6, 6.07) is 11.0. The van der Waals surface area contributed by atoms with E-state index in [1.165, 1.54) is 11.3 Å². The number of nitrogens with zero attached hydrogens (tertiary/aromatic N) is 3. The Kier molecular flexibility index (Phi) is 10.2. The molecule has 1 amide bonds. The number of anilines is 1. The Balaban J connectivity index is 0.00000385. The molecule has 1 aromatic heterocycles. The first kappa shape index (κ1) is 26.7. The zero-order valence-corrected chi connectivity index (χ0v) is 21.4. The number of rotatable bonds is 11. The van der Waals surface area contributed by atoms with Crippen LogP contribution in [0, 0.1) is 0 Å². The Hall–Kier alpha value is -2.55. The molecule has 3 aromatic rings.